The Morgan fingerprint density at radius 3 is 2.37 bits per heavy atom. The average molecular weight is 285 g/mol. The first-order valence-electron chi connectivity index (χ1n) is 5.95. The highest BCUT2D eigenvalue weighted by Gasteiger charge is 2.18. The van der Waals surface area contributed by atoms with E-state index in [0.29, 0.717) is 6.54 Å². The highest BCUT2D eigenvalue weighted by Crippen LogP contribution is 2.21. The number of aliphatic hydroxyl groups is 1. The van der Waals surface area contributed by atoms with Crippen molar-refractivity contribution in [3.63, 3.8) is 0 Å². The van der Waals surface area contributed by atoms with Crippen LogP contribution in [0.3, 0.4) is 0 Å². The molecule has 1 rings (SSSR count). The minimum atomic E-state index is -4.02. The van der Waals surface area contributed by atoms with E-state index in [-0.39, 0.29) is 24.9 Å². The number of aliphatic hydroxyl groups excluding tert-OH is 1. The Kier molecular flexibility index (Phi) is 6.17. The predicted octanol–water partition coefficient (Wildman–Crippen LogP) is 1.10. The maximum absolute atomic E-state index is 10.8. The Hall–Kier alpha value is -1.21. The van der Waals surface area contributed by atoms with Crippen molar-refractivity contribution in [3.8, 4) is 0 Å². The third-order valence-corrected chi connectivity index (χ3v) is 3.48. The molecule has 0 aliphatic heterocycles. The van der Waals surface area contributed by atoms with E-state index in [1.54, 1.807) is 11.0 Å². The third kappa shape index (κ3) is 5.52. The SMILES string of the molecule is C=CC(c1ccccc1)N(CCO)CCS(=O)(=O)O. The highest BCUT2D eigenvalue weighted by molar-refractivity contribution is 7.85. The second-order valence-electron chi connectivity index (χ2n) is 4.14. The van der Waals surface area contributed by atoms with E-state index in [0.717, 1.165) is 5.56 Å². The fourth-order valence-electron chi connectivity index (χ4n) is 1.90. The monoisotopic (exact) mass is 285 g/mol. The summed E-state index contributed by atoms with van der Waals surface area (Å²) < 4.78 is 30.5. The highest BCUT2D eigenvalue weighted by atomic mass is 32.2. The van der Waals surface area contributed by atoms with Crippen LogP contribution in [0.5, 0.6) is 0 Å². The fraction of sp³-hybridized carbons (Fsp3) is 0.385. The van der Waals surface area contributed by atoms with Gasteiger partial charge in [0.05, 0.1) is 18.4 Å². The number of benzene rings is 1. The first-order valence-corrected chi connectivity index (χ1v) is 7.56. The molecule has 0 fully saturated rings. The molecule has 19 heavy (non-hydrogen) atoms. The van der Waals surface area contributed by atoms with E-state index >= 15 is 0 Å². The van der Waals surface area contributed by atoms with Crippen molar-refractivity contribution in [2.24, 2.45) is 0 Å². The number of nitrogens with zero attached hydrogens (tertiary/aromatic N) is 1. The van der Waals surface area contributed by atoms with Gasteiger partial charge in [0.1, 0.15) is 0 Å². The lowest BCUT2D eigenvalue weighted by atomic mass is 10.1. The molecule has 1 aromatic carbocycles. The first-order chi connectivity index (χ1) is 8.98. The maximum atomic E-state index is 10.8. The molecule has 0 aliphatic rings. The zero-order valence-corrected chi connectivity index (χ0v) is 11.5. The van der Waals surface area contributed by atoms with Gasteiger partial charge < -0.3 is 5.11 Å². The Morgan fingerprint density at radius 1 is 1.26 bits per heavy atom. The van der Waals surface area contributed by atoms with Gasteiger partial charge in [-0.1, -0.05) is 36.4 Å². The molecule has 0 saturated heterocycles. The van der Waals surface area contributed by atoms with Crippen LogP contribution in [0.25, 0.3) is 0 Å². The van der Waals surface area contributed by atoms with Crippen LogP contribution in [0.15, 0.2) is 43.0 Å². The van der Waals surface area contributed by atoms with Crippen LogP contribution in [0, 0.1) is 0 Å². The molecule has 6 heteroatoms. The predicted molar refractivity (Wildman–Crippen MR) is 74.5 cm³/mol. The fourth-order valence-corrected chi connectivity index (χ4v) is 2.36. The zero-order chi connectivity index (χ0) is 14.3. The van der Waals surface area contributed by atoms with Gasteiger partial charge in [-0.2, -0.15) is 8.42 Å². The van der Waals surface area contributed by atoms with Gasteiger partial charge in [-0.05, 0) is 5.56 Å². The molecule has 1 unspecified atom stereocenters. The van der Waals surface area contributed by atoms with E-state index in [1.807, 2.05) is 30.3 Å². The van der Waals surface area contributed by atoms with Gasteiger partial charge in [0.15, 0.2) is 0 Å². The molecule has 5 nitrogen and oxygen atoms in total. The van der Waals surface area contributed by atoms with Crippen molar-refractivity contribution < 1.29 is 18.1 Å². The summed E-state index contributed by atoms with van der Waals surface area (Å²) in [6.07, 6.45) is 1.69. The second-order valence-corrected chi connectivity index (χ2v) is 5.71. The smallest absolute Gasteiger partial charge is 0.266 e. The van der Waals surface area contributed by atoms with Crippen LogP contribution >= 0.6 is 0 Å². The standard InChI is InChI=1S/C13H19NO4S/c1-2-13(12-6-4-3-5-7-12)14(8-10-15)9-11-19(16,17)18/h2-7,13,15H,1,8-11H2,(H,16,17,18). The summed E-state index contributed by atoms with van der Waals surface area (Å²) in [6.45, 7) is 4.09. The molecule has 0 heterocycles. The minimum Gasteiger partial charge on any atom is -0.395 e. The molecule has 0 radical (unpaired) electrons. The summed E-state index contributed by atoms with van der Waals surface area (Å²) in [7, 11) is -4.02. The molecule has 0 spiro atoms. The number of hydrogen-bond donors (Lipinski definition) is 2. The third-order valence-electron chi connectivity index (χ3n) is 2.78. The van der Waals surface area contributed by atoms with Crippen LogP contribution < -0.4 is 0 Å². The van der Waals surface area contributed by atoms with Crippen molar-refractivity contribution in [1.29, 1.82) is 0 Å². The second kappa shape index (κ2) is 7.40. The molecule has 1 aromatic rings. The maximum Gasteiger partial charge on any atom is 0.266 e. The van der Waals surface area contributed by atoms with Gasteiger partial charge in [-0.25, -0.2) is 0 Å². The van der Waals surface area contributed by atoms with Crippen molar-refractivity contribution in [2.75, 3.05) is 25.4 Å². The molecule has 0 amide bonds. The van der Waals surface area contributed by atoms with Crippen molar-refractivity contribution in [1.82, 2.24) is 4.90 Å². The summed E-state index contributed by atoms with van der Waals surface area (Å²) in [5, 5.41) is 9.07. The number of hydrogen-bond acceptors (Lipinski definition) is 4. The number of rotatable bonds is 8. The first kappa shape index (κ1) is 15.8. The molecular formula is C13H19NO4S. The molecular weight excluding hydrogens is 266 g/mol. The van der Waals surface area contributed by atoms with Crippen LogP contribution in [-0.4, -0.2) is 48.4 Å². The van der Waals surface area contributed by atoms with Crippen molar-refractivity contribution in [3.05, 3.63) is 48.6 Å². The Morgan fingerprint density at radius 2 is 1.89 bits per heavy atom. The lowest BCUT2D eigenvalue weighted by Crippen LogP contribution is -2.34. The largest absolute Gasteiger partial charge is 0.395 e. The van der Waals surface area contributed by atoms with E-state index in [2.05, 4.69) is 6.58 Å². The van der Waals surface area contributed by atoms with Gasteiger partial charge in [0.2, 0.25) is 0 Å². The topological polar surface area (TPSA) is 77.8 Å². The van der Waals surface area contributed by atoms with E-state index in [4.69, 9.17) is 9.66 Å². The van der Waals surface area contributed by atoms with Gasteiger partial charge >= 0.3 is 0 Å². The summed E-state index contributed by atoms with van der Waals surface area (Å²) >= 11 is 0. The molecule has 0 bridgehead atoms. The molecule has 2 N–H and O–H groups in total. The summed E-state index contributed by atoms with van der Waals surface area (Å²) in [6, 6.07) is 9.26. The Bertz CT molecular complexity index is 487. The van der Waals surface area contributed by atoms with E-state index in [1.165, 1.54) is 0 Å². The molecule has 0 aliphatic carbocycles. The Labute approximate surface area is 113 Å². The lowest BCUT2D eigenvalue weighted by molar-refractivity contribution is 0.178. The van der Waals surface area contributed by atoms with Crippen LogP contribution in [0.1, 0.15) is 11.6 Å². The molecule has 1 atom stereocenters. The summed E-state index contributed by atoms with van der Waals surface area (Å²) in [5.74, 6) is -0.371. The van der Waals surface area contributed by atoms with Crippen LogP contribution in [0.4, 0.5) is 0 Å². The zero-order valence-electron chi connectivity index (χ0n) is 10.6. The lowest BCUT2D eigenvalue weighted by Gasteiger charge is -2.28. The van der Waals surface area contributed by atoms with Crippen LogP contribution in [0.2, 0.25) is 0 Å². The quantitative estimate of drug-likeness (QED) is 0.552. The molecule has 0 saturated carbocycles. The van der Waals surface area contributed by atoms with Gasteiger partial charge in [-0.3, -0.25) is 9.45 Å². The summed E-state index contributed by atoms with van der Waals surface area (Å²) in [4.78, 5) is 1.76. The molecule has 0 aromatic heterocycles. The van der Waals surface area contributed by atoms with Gasteiger partial charge in [-0.15, -0.1) is 6.58 Å². The van der Waals surface area contributed by atoms with Crippen LogP contribution in [-0.2, 0) is 10.1 Å². The molecule has 106 valence electrons. The summed E-state index contributed by atoms with van der Waals surface area (Å²) in [5.41, 5.74) is 0.960. The van der Waals surface area contributed by atoms with E-state index < -0.39 is 10.1 Å². The minimum absolute atomic E-state index is 0.0946. The normalized spacial score (nSPS) is 13.4. The Balaban J connectivity index is 2.86. The van der Waals surface area contributed by atoms with Gasteiger partial charge in [0, 0.05) is 13.1 Å². The van der Waals surface area contributed by atoms with Gasteiger partial charge in [0.25, 0.3) is 10.1 Å². The van der Waals surface area contributed by atoms with Crippen molar-refractivity contribution in [2.45, 2.75) is 6.04 Å². The van der Waals surface area contributed by atoms with Crippen molar-refractivity contribution >= 4 is 10.1 Å². The van der Waals surface area contributed by atoms with E-state index in [9.17, 15) is 8.42 Å². The average Bonchev–Trinajstić information content (AvgIpc) is 2.37.